The smallest absolute Gasteiger partial charge is 0.275 e. The van der Waals surface area contributed by atoms with Crippen molar-refractivity contribution in [3.8, 4) is 5.75 Å². The molecule has 0 aliphatic carbocycles. The molecule has 0 unspecified atom stereocenters. The first-order valence-electron chi connectivity index (χ1n) is 12.9. The van der Waals surface area contributed by atoms with Gasteiger partial charge in [0.2, 0.25) is 5.89 Å². The van der Waals surface area contributed by atoms with Crippen LogP contribution in [-0.2, 0) is 13.1 Å². The maximum atomic E-state index is 13.0. The lowest BCUT2D eigenvalue weighted by Gasteiger charge is -2.35. The van der Waals surface area contributed by atoms with Crippen molar-refractivity contribution in [2.24, 2.45) is 0 Å². The van der Waals surface area contributed by atoms with E-state index in [0.717, 1.165) is 51.6 Å². The van der Waals surface area contributed by atoms with Gasteiger partial charge in [-0.15, -0.1) is 0 Å². The molecule has 2 saturated heterocycles. The van der Waals surface area contributed by atoms with Crippen molar-refractivity contribution >= 4 is 11.6 Å². The van der Waals surface area contributed by atoms with E-state index in [9.17, 15) is 4.79 Å². The van der Waals surface area contributed by atoms with E-state index in [1.807, 2.05) is 42.2 Å². The molecule has 0 N–H and O–H groups in total. The molecule has 8 nitrogen and oxygen atoms in total. The number of hydrogen-bond donors (Lipinski definition) is 0. The van der Waals surface area contributed by atoms with Gasteiger partial charge in [-0.3, -0.25) is 14.6 Å². The van der Waals surface area contributed by atoms with Crippen LogP contribution in [-0.4, -0.2) is 84.6 Å². The summed E-state index contributed by atoms with van der Waals surface area (Å²) in [6, 6.07) is 18.7. The number of oxazole rings is 1. The molecule has 36 heavy (non-hydrogen) atoms. The van der Waals surface area contributed by atoms with Crippen LogP contribution in [0.5, 0.6) is 5.75 Å². The summed E-state index contributed by atoms with van der Waals surface area (Å²) in [6.07, 6.45) is 1.52. The second-order valence-corrected chi connectivity index (χ2v) is 9.37. The van der Waals surface area contributed by atoms with E-state index >= 15 is 0 Å². The van der Waals surface area contributed by atoms with Crippen LogP contribution in [0.1, 0.15) is 28.9 Å². The fourth-order valence-corrected chi connectivity index (χ4v) is 4.86. The van der Waals surface area contributed by atoms with Gasteiger partial charge in [0.1, 0.15) is 12.0 Å². The monoisotopic (exact) mass is 489 g/mol. The van der Waals surface area contributed by atoms with Crippen LogP contribution in [0, 0.1) is 0 Å². The summed E-state index contributed by atoms with van der Waals surface area (Å²) in [7, 11) is 0. The average Bonchev–Trinajstić information content (AvgIpc) is 3.40. The van der Waals surface area contributed by atoms with Crippen molar-refractivity contribution in [3.63, 3.8) is 0 Å². The highest BCUT2D eigenvalue weighted by Crippen LogP contribution is 2.18. The quantitative estimate of drug-likeness (QED) is 0.481. The fourth-order valence-electron chi connectivity index (χ4n) is 4.86. The molecular weight excluding hydrogens is 454 g/mol. The van der Waals surface area contributed by atoms with Crippen LogP contribution in [0.15, 0.2) is 65.3 Å². The molecule has 190 valence electrons. The number of carbonyl (C=O) groups is 1. The van der Waals surface area contributed by atoms with Crippen LogP contribution in [0.25, 0.3) is 0 Å². The van der Waals surface area contributed by atoms with Gasteiger partial charge in [0.15, 0.2) is 5.69 Å². The summed E-state index contributed by atoms with van der Waals surface area (Å²) in [5, 5.41) is 0. The lowest BCUT2D eigenvalue weighted by atomic mass is 10.2. The zero-order valence-electron chi connectivity index (χ0n) is 21.0. The number of anilines is 1. The lowest BCUT2D eigenvalue weighted by Crippen LogP contribution is -2.48. The van der Waals surface area contributed by atoms with Crippen molar-refractivity contribution in [1.29, 1.82) is 0 Å². The molecule has 0 bridgehead atoms. The van der Waals surface area contributed by atoms with Crippen molar-refractivity contribution in [2.75, 3.05) is 63.9 Å². The van der Waals surface area contributed by atoms with Gasteiger partial charge in [-0.25, -0.2) is 4.98 Å². The zero-order chi connectivity index (χ0) is 24.7. The number of carbonyl (C=O) groups excluding carboxylic acids is 1. The highest BCUT2D eigenvalue weighted by atomic mass is 16.5. The Morgan fingerprint density at radius 2 is 1.53 bits per heavy atom. The molecule has 2 aliphatic heterocycles. The molecule has 8 heteroatoms. The Bertz CT molecular complexity index is 1100. The maximum Gasteiger partial charge on any atom is 0.275 e. The number of amides is 1. The Balaban J connectivity index is 1.06. The third kappa shape index (κ3) is 6.06. The van der Waals surface area contributed by atoms with Crippen molar-refractivity contribution in [2.45, 2.75) is 20.0 Å². The molecule has 2 fully saturated rings. The Hall–Kier alpha value is -3.36. The summed E-state index contributed by atoms with van der Waals surface area (Å²) in [5.74, 6) is 1.49. The molecule has 0 spiro atoms. The molecule has 3 aromatic rings. The van der Waals surface area contributed by atoms with Crippen LogP contribution < -0.4 is 9.64 Å². The Kier molecular flexibility index (Phi) is 7.83. The zero-order valence-corrected chi connectivity index (χ0v) is 21.0. The van der Waals surface area contributed by atoms with Crippen LogP contribution >= 0.6 is 0 Å². The van der Waals surface area contributed by atoms with Gasteiger partial charge in [-0.2, -0.15) is 0 Å². The second-order valence-electron chi connectivity index (χ2n) is 9.37. The summed E-state index contributed by atoms with van der Waals surface area (Å²) >= 11 is 0. The van der Waals surface area contributed by atoms with Gasteiger partial charge in [0.25, 0.3) is 5.91 Å². The Morgan fingerprint density at radius 1 is 0.861 bits per heavy atom. The van der Waals surface area contributed by atoms with Gasteiger partial charge in [-0.05, 0) is 36.8 Å². The predicted octanol–water partition coefficient (Wildman–Crippen LogP) is 3.35. The van der Waals surface area contributed by atoms with Crippen LogP contribution in [0.3, 0.4) is 0 Å². The Morgan fingerprint density at radius 3 is 2.19 bits per heavy atom. The minimum Gasteiger partial charge on any atom is -0.494 e. The van der Waals surface area contributed by atoms with Crippen LogP contribution in [0.4, 0.5) is 5.69 Å². The summed E-state index contributed by atoms with van der Waals surface area (Å²) in [5.41, 5.74) is 2.91. The number of ether oxygens (including phenoxy) is 1. The maximum absolute atomic E-state index is 13.0. The molecule has 2 aliphatic rings. The van der Waals surface area contributed by atoms with Gasteiger partial charge in [0, 0.05) is 64.6 Å². The molecule has 1 aromatic heterocycles. The molecule has 1 amide bonds. The number of rotatable bonds is 8. The van der Waals surface area contributed by atoms with Gasteiger partial charge in [-0.1, -0.05) is 30.3 Å². The molecule has 5 rings (SSSR count). The van der Waals surface area contributed by atoms with E-state index in [2.05, 4.69) is 43.9 Å². The van der Waals surface area contributed by atoms with E-state index < -0.39 is 0 Å². The number of hydrogen-bond acceptors (Lipinski definition) is 7. The van der Waals surface area contributed by atoms with Crippen molar-refractivity contribution in [3.05, 3.63) is 78.0 Å². The summed E-state index contributed by atoms with van der Waals surface area (Å²) in [6.45, 7) is 11.2. The molecule has 0 saturated carbocycles. The number of para-hydroxylation sites is 1. The van der Waals surface area contributed by atoms with Gasteiger partial charge < -0.3 is 19.0 Å². The third-order valence-corrected chi connectivity index (χ3v) is 6.92. The van der Waals surface area contributed by atoms with E-state index in [-0.39, 0.29) is 5.91 Å². The number of nitrogens with zero attached hydrogens (tertiary/aromatic N) is 5. The van der Waals surface area contributed by atoms with E-state index in [1.165, 1.54) is 17.5 Å². The SMILES string of the molecule is CCOc1ccc(CN2CCN(Cc3nc(C(=O)N4CCN(c5ccccc5)CC4)co3)CC2)cc1. The fraction of sp³-hybridized carbons (Fsp3) is 0.429. The first kappa shape index (κ1) is 24.3. The second kappa shape index (κ2) is 11.6. The van der Waals surface area contributed by atoms with E-state index in [1.54, 1.807) is 0 Å². The largest absolute Gasteiger partial charge is 0.494 e. The minimum atomic E-state index is -0.0436. The first-order valence-corrected chi connectivity index (χ1v) is 12.9. The number of piperazine rings is 2. The predicted molar refractivity (Wildman–Crippen MR) is 139 cm³/mol. The number of aromatic nitrogens is 1. The molecule has 0 atom stereocenters. The highest BCUT2D eigenvalue weighted by Gasteiger charge is 2.25. The molecule has 0 radical (unpaired) electrons. The first-order chi connectivity index (χ1) is 17.7. The number of benzene rings is 2. The third-order valence-electron chi connectivity index (χ3n) is 6.92. The van der Waals surface area contributed by atoms with Crippen LogP contribution in [0.2, 0.25) is 0 Å². The van der Waals surface area contributed by atoms with Crippen molar-refractivity contribution < 1.29 is 13.9 Å². The highest BCUT2D eigenvalue weighted by molar-refractivity contribution is 5.92. The average molecular weight is 490 g/mol. The molecular formula is C28H35N5O3. The summed E-state index contributed by atoms with van der Waals surface area (Å²) in [4.78, 5) is 26.5. The van der Waals surface area contributed by atoms with Gasteiger partial charge >= 0.3 is 0 Å². The standard InChI is InChI=1S/C28H35N5O3/c1-2-35-25-10-8-23(9-11-25)20-30-12-14-31(15-13-30)21-27-29-26(22-36-27)28(34)33-18-16-32(17-19-33)24-6-4-3-5-7-24/h3-11,22H,2,12-21H2,1H3. The topological polar surface area (TPSA) is 65.3 Å². The van der Waals surface area contributed by atoms with E-state index in [4.69, 9.17) is 9.15 Å². The van der Waals surface area contributed by atoms with E-state index in [0.29, 0.717) is 37.8 Å². The molecule has 2 aromatic carbocycles. The van der Waals surface area contributed by atoms with Crippen molar-refractivity contribution in [1.82, 2.24) is 19.7 Å². The summed E-state index contributed by atoms with van der Waals surface area (Å²) < 4.78 is 11.2. The lowest BCUT2D eigenvalue weighted by molar-refractivity contribution is 0.0740. The molecule has 3 heterocycles. The Labute approximate surface area is 213 Å². The van der Waals surface area contributed by atoms with Gasteiger partial charge in [0.05, 0.1) is 13.2 Å². The minimum absolute atomic E-state index is 0.0436. The normalized spacial score (nSPS) is 17.4.